The number of methoxy groups -OCH3 is 1. The molecule has 0 spiro atoms. The molecule has 1 unspecified atom stereocenters. The standard InChI is InChI=1S/C30H33Cl3N4O7S/c1-6-25(30(39)34-18(2)3)35(16-20-8-9-21(31)13-24(20)33)29(38)17-36(27-14-22(32)10-12-28(27)44-5)45(42,43)23-11-7-19(4)26(15-23)37(40)41/h7-15,18,25H,6,16-17H2,1-5H3,(H,34,39). The highest BCUT2D eigenvalue weighted by molar-refractivity contribution is 7.92. The maximum absolute atomic E-state index is 14.3. The number of benzene rings is 3. The van der Waals surface area contributed by atoms with E-state index in [-0.39, 0.29) is 46.1 Å². The van der Waals surface area contributed by atoms with E-state index in [1.54, 1.807) is 32.9 Å². The van der Waals surface area contributed by atoms with E-state index in [0.29, 0.717) is 10.6 Å². The Kier molecular flexibility index (Phi) is 12.1. The number of nitrogens with one attached hydrogen (secondary N) is 1. The third kappa shape index (κ3) is 8.57. The van der Waals surface area contributed by atoms with Crippen molar-refractivity contribution < 1.29 is 27.7 Å². The van der Waals surface area contributed by atoms with Crippen LogP contribution in [0.3, 0.4) is 0 Å². The molecule has 0 fully saturated rings. The number of sulfonamides is 1. The van der Waals surface area contributed by atoms with Crippen molar-refractivity contribution in [2.24, 2.45) is 0 Å². The lowest BCUT2D eigenvalue weighted by molar-refractivity contribution is -0.385. The molecular formula is C30H33Cl3N4O7S. The molecule has 0 aliphatic carbocycles. The average molecular weight is 700 g/mol. The molecule has 3 aromatic rings. The van der Waals surface area contributed by atoms with Crippen molar-refractivity contribution in [3.8, 4) is 5.75 Å². The molecule has 3 aromatic carbocycles. The van der Waals surface area contributed by atoms with Gasteiger partial charge in [0, 0.05) is 39.3 Å². The molecule has 15 heteroatoms. The predicted octanol–water partition coefficient (Wildman–Crippen LogP) is 6.40. The molecular weight excluding hydrogens is 667 g/mol. The van der Waals surface area contributed by atoms with Gasteiger partial charge in [0.1, 0.15) is 18.3 Å². The molecule has 11 nitrogen and oxygen atoms in total. The van der Waals surface area contributed by atoms with Crippen molar-refractivity contribution in [3.63, 3.8) is 0 Å². The van der Waals surface area contributed by atoms with Gasteiger partial charge in [0.05, 0.1) is 22.6 Å². The number of hydrogen-bond acceptors (Lipinski definition) is 7. The van der Waals surface area contributed by atoms with Gasteiger partial charge < -0.3 is 15.0 Å². The Balaban J connectivity index is 2.21. The second kappa shape index (κ2) is 15.1. The summed E-state index contributed by atoms with van der Waals surface area (Å²) >= 11 is 18.8. The second-order valence-electron chi connectivity index (χ2n) is 10.4. The minimum atomic E-state index is -4.66. The van der Waals surface area contributed by atoms with Gasteiger partial charge in [-0.15, -0.1) is 0 Å². The maximum atomic E-state index is 14.3. The van der Waals surface area contributed by atoms with Crippen LogP contribution in [-0.4, -0.2) is 55.8 Å². The van der Waals surface area contributed by atoms with Crippen molar-refractivity contribution in [1.29, 1.82) is 0 Å². The fraction of sp³-hybridized carbons (Fsp3) is 0.333. The summed E-state index contributed by atoms with van der Waals surface area (Å²) in [7, 11) is -3.35. The van der Waals surface area contributed by atoms with Gasteiger partial charge in [0.25, 0.3) is 15.7 Å². The Bertz CT molecular complexity index is 1700. The second-order valence-corrected chi connectivity index (χ2v) is 13.5. The van der Waals surface area contributed by atoms with Crippen LogP contribution < -0.4 is 14.4 Å². The summed E-state index contributed by atoms with van der Waals surface area (Å²) < 4.78 is 34.7. The number of rotatable bonds is 13. The van der Waals surface area contributed by atoms with Gasteiger partial charge in [0.2, 0.25) is 11.8 Å². The third-order valence-corrected chi connectivity index (χ3v) is 9.40. The molecule has 0 aliphatic rings. The molecule has 0 radical (unpaired) electrons. The molecule has 0 saturated heterocycles. The van der Waals surface area contributed by atoms with E-state index in [1.165, 1.54) is 55.3 Å². The van der Waals surface area contributed by atoms with Crippen LogP contribution in [0, 0.1) is 17.0 Å². The minimum Gasteiger partial charge on any atom is -0.495 e. The van der Waals surface area contributed by atoms with Crippen molar-refractivity contribution in [1.82, 2.24) is 10.2 Å². The van der Waals surface area contributed by atoms with Crippen molar-refractivity contribution in [2.75, 3.05) is 18.0 Å². The van der Waals surface area contributed by atoms with E-state index in [2.05, 4.69) is 5.32 Å². The molecule has 45 heavy (non-hydrogen) atoms. The summed E-state index contributed by atoms with van der Waals surface area (Å²) in [6.45, 7) is 5.75. The molecule has 3 rings (SSSR count). The molecule has 2 amide bonds. The molecule has 0 saturated carbocycles. The van der Waals surface area contributed by atoms with Gasteiger partial charge in [-0.1, -0.05) is 53.9 Å². The monoisotopic (exact) mass is 698 g/mol. The minimum absolute atomic E-state index is 0.0641. The van der Waals surface area contributed by atoms with Gasteiger partial charge in [-0.2, -0.15) is 0 Å². The lowest BCUT2D eigenvalue weighted by Gasteiger charge is -2.34. The Labute approximate surface area is 277 Å². The van der Waals surface area contributed by atoms with Crippen LogP contribution >= 0.6 is 34.8 Å². The number of carbonyl (C=O) groups is 2. The Morgan fingerprint density at radius 1 is 1.02 bits per heavy atom. The van der Waals surface area contributed by atoms with Crippen LogP contribution in [0.4, 0.5) is 11.4 Å². The number of nitro groups is 1. The maximum Gasteiger partial charge on any atom is 0.273 e. The van der Waals surface area contributed by atoms with Crippen LogP contribution in [0.15, 0.2) is 59.5 Å². The van der Waals surface area contributed by atoms with Crippen LogP contribution in [0.1, 0.15) is 38.3 Å². The van der Waals surface area contributed by atoms with Crippen LogP contribution in [0.5, 0.6) is 5.75 Å². The SMILES string of the molecule is CCC(C(=O)NC(C)C)N(Cc1ccc(Cl)cc1Cl)C(=O)CN(c1cc(Cl)ccc1OC)S(=O)(=O)c1ccc(C)c([N+](=O)[O-])c1. The number of ether oxygens (including phenoxy) is 1. The molecule has 0 aliphatic heterocycles. The first-order valence-electron chi connectivity index (χ1n) is 13.8. The zero-order valence-corrected chi connectivity index (χ0v) is 28.3. The highest BCUT2D eigenvalue weighted by Gasteiger charge is 2.36. The largest absolute Gasteiger partial charge is 0.495 e. The fourth-order valence-electron chi connectivity index (χ4n) is 4.58. The molecule has 1 N–H and O–H groups in total. The number of amides is 2. The Morgan fingerprint density at radius 2 is 1.67 bits per heavy atom. The normalized spacial score (nSPS) is 12.0. The molecule has 0 heterocycles. The van der Waals surface area contributed by atoms with Crippen molar-refractivity contribution in [2.45, 2.75) is 57.6 Å². The lowest BCUT2D eigenvalue weighted by atomic mass is 10.1. The summed E-state index contributed by atoms with van der Waals surface area (Å²) in [5.74, 6) is -1.15. The van der Waals surface area contributed by atoms with Crippen LogP contribution in [-0.2, 0) is 26.2 Å². The number of aryl methyl sites for hydroxylation is 1. The summed E-state index contributed by atoms with van der Waals surface area (Å²) in [6.07, 6.45) is 0.187. The molecule has 1 atom stereocenters. The quantitative estimate of drug-likeness (QED) is 0.161. The number of hydrogen-bond donors (Lipinski definition) is 1. The summed E-state index contributed by atoms with van der Waals surface area (Å²) in [5, 5.41) is 15.2. The van der Waals surface area contributed by atoms with E-state index >= 15 is 0 Å². The number of nitro benzene ring substituents is 1. The van der Waals surface area contributed by atoms with Crippen molar-refractivity contribution >= 4 is 68.0 Å². The van der Waals surface area contributed by atoms with Gasteiger partial charge in [0.15, 0.2) is 0 Å². The highest BCUT2D eigenvalue weighted by Crippen LogP contribution is 2.36. The Morgan fingerprint density at radius 3 is 2.24 bits per heavy atom. The number of halogens is 3. The number of anilines is 1. The van der Waals surface area contributed by atoms with E-state index < -0.39 is 49.9 Å². The Hall–Kier alpha value is -3.58. The molecule has 0 bridgehead atoms. The van der Waals surface area contributed by atoms with Crippen molar-refractivity contribution in [3.05, 3.63) is 90.9 Å². The molecule has 0 aromatic heterocycles. The summed E-state index contributed by atoms with van der Waals surface area (Å²) in [4.78, 5) is 39.4. The molecule has 242 valence electrons. The third-order valence-electron chi connectivity index (χ3n) is 6.83. The zero-order chi connectivity index (χ0) is 33.6. The lowest BCUT2D eigenvalue weighted by Crippen LogP contribution is -2.53. The van der Waals surface area contributed by atoms with E-state index in [9.17, 15) is 28.1 Å². The van der Waals surface area contributed by atoms with E-state index in [0.717, 1.165) is 10.4 Å². The first kappa shape index (κ1) is 35.9. The average Bonchev–Trinajstić information content (AvgIpc) is 2.96. The fourth-order valence-corrected chi connectivity index (χ4v) is 6.65. The predicted molar refractivity (Wildman–Crippen MR) is 175 cm³/mol. The first-order chi connectivity index (χ1) is 21.1. The first-order valence-corrected chi connectivity index (χ1v) is 16.3. The van der Waals surface area contributed by atoms with Gasteiger partial charge in [-0.3, -0.25) is 24.0 Å². The van der Waals surface area contributed by atoms with Gasteiger partial charge in [-0.05, 0) is 69.2 Å². The summed E-state index contributed by atoms with van der Waals surface area (Å²) in [6, 6.07) is 11.1. The topological polar surface area (TPSA) is 139 Å². The van der Waals surface area contributed by atoms with Crippen LogP contribution in [0.2, 0.25) is 15.1 Å². The smallest absolute Gasteiger partial charge is 0.273 e. The van der Waals surface area contributed by atoms with Crippen LogP contribution in [0.25, 0.3) is 0 Å². The van der Waals surface area contributed by atoms with Gasteiger partial charge >= 0.3 is 0 Å². The number of nitrogens with zero attached hydrogens (tertiary/aromatic N) is 3. The van der Waals surface area contributed by atoms with E-state index in [4.69, 9.17) is 39.5 Å². The van der Waals surface area contributed by atoms with Gasteiger partial charge in [-0.25, -0.2) is 8.42 Å². The summed E-state index contributed by atoms with van der Waals surface area (Å²) in [5.41, 5.74) is 0.200. The number of carbonyl (C=O) groups excluding carboxylic acids is 2. The highest BCUT2D eigenvalue weighted by atomic mass is 35.5. The zero-order valence-electron chi connectivity index (χ0n) is 25.2. The van der Waals surface area contributed by atoms with E-state index in [1.807, 2.05) is 0 Å².